The molecule has 0 bridgehead atoms. The predicted molar refractivity (Wildman–Crippen MR) is 77.5 cm³/mol. The molecule has 1 aromatic carbocycles. The summed E-state index contributed by atoms with van der Waals surface area (Å²) in [5.41, 5.74) is 0.654. The van der Waals surface area contributed by atoms with Gasteiger partial charge in [0.15, 0.2) is 0 Å². The van der Waals surface area contributed by atoms with E-state index in [0.29, 0.717) is 31.7 Å². The van der Waals surface area contributed by atoms with Gasteiger partial charge in [-0.2, -0.15) is 4.31 Å². The highest BCUT2D eigenvalue weighted by Crippen LogP contribution is 2.33. The molecule has 0 spiro atoms. The van der Waals surface area contributed by atoms with Crippen molar-refractivity contribution in [2.45, 2.75) is 5.25 Å². The zero-order valence-corrected chi connectivity index (χ0v) is 12.1. The van der Waals surface area contributed by atoms with Crippen molar-refractivity contribution >= 4 is 21.6 Å². The number of hydrogen-bond donors (Lipinski definition) is 1. The van der Waals surface area contributed by atoms with Gasteiger partial charge < -0.3 is 5.32 Å². The molecule has 2 rings (SSSR count). The minimum Gasteiger partial charge on any atom is -0.314 e. The topological polar surface area (TPSA) is 49.4 Å². The first-order valence-corrected chi connectivity index (χ1v) is 8.00. The average Bonchev–Trinajstić information content (AvgIpc) is 2.40. The molecule has 0 amide bonds. The van der Waals surface area contributed by atoms with Gasteiger partial charge in [-0.25, -0.2) is 8.42 Å². The predicted octanol–water partition coefficient (Wildman–Crippen LogP) is 1.72. The molecule has 1 unspecified atom stereocenters. The lowest BCUT2D eigenvalue weighted by Gasteiger charge is -2.30. The number of piperazine rings is 1. The molecule has 1 saturated heterocycles. The molecule has 1 aromatic rings. The van der Waals surface area contributed by atoms with E-state index in [9.17, 15) is 8.42 Å². The molecule has 0 aliphatic carbocycles. The summed E-state index contributed by atoms with van der Waals surface area (Å²) in [5, 5.41) is 2.38. The largest absolute Gasteiger partial charge is 0.314 e. The first-order valence-electron chi connectivity index (χ1n) is 6.12. The minimum absolute atomic E-state index is 0.129. The molecule has 1 N–H and O–H groups in total. The lowest BCUT2D eigenvalue weighted by molar-refractivity contribution is 0.357. The second-order valence-corrected chi connectivity index (χ2v) is 6.93. The summed E-state index contributed by atoms with van der Waals surface area (Å²) in [6.07, 6.45) is 0. The normalized spacial score (nSPS) is 19.0. The monoisotopic (exact) mass is 300 g/mol. The number of nitrogens with zero attached hydrogens (tertiary/aromatic N) is 1. The summed E-state index contributed by atoms with van der Waals surface area (Å²) in [4.78, 5) is 0. The van der Waals surface area contributed by atoms with Crippen molar-refractivity contribution in [3.05, 3.63) is 47.5 Å². The SMILES string of the molecule is C=C(Cl)C(c1ccccc1)S(=O)(=O)N1CCNCC1. The van der Waals surface area contributed by atoms with Crippen molar-refractivity contribution in [2.75, 3.05) is 26.2 Å². The van der Waals surface area contributed by atoms with E-state index in [1.54, 1.807) is 24.3 Å². The molecular weight excluding hydrogens is 284 g/mol. The van der Waals surface area contributed by atoms with Gasteiger partial charge in [-0.05, 0) is 5.56 Å². The molecule has 19 heavy (non-hydrogen) atoms. The quantitative estimate of drug-likeness (QED) is 0.921. The molecule has 1 heterocycles. The lowest BCUT2D eigenvalue weighted by atomic mass is 10.1. The minimum atomic E-state index is -3.51. The van der Waals surface area contributed by atoms with Crippen LogP contribution in [-0.4, -0.2) is 38.9 Å². The summed E-state index contributed by atoms with van der Waals surface area (Å²) < 4.78 is 26.8. The molecule has 0 aromatic heterocycles. The van der Waals surface area contributed by atoms with Crippen molar-refractivity contribution in [3.63, 3.8) is 0 Å². The van der Waals surface area contributed by atoms with Crippen LogP contribution < -0.4 is 5.32 Å². The van der Waals surface area contributed by atoms with Gasteiger partial charge in [-0.15, -0.1) is 0 Å². The van der Waals surface area contributed by atoms with Gasteiger partial charge in [-0.1, -0.05) is 48.5 Å². The highest BCUT2D eigenvalue weighted by molar-refractivity contribution is 7.89. The molecule has 0 saturated carbocycles. The molecule has 4 nitrogen and oxygen atoms in total. The van der Waals surface area contributed by atoms with Gasteiger partial charge in [0.25, 0.3) is 0 Å². The average molecular weight is 301 g/mol. The molecular formula is C13H17ClN2O2S. The van der Waals surface area contributed by atoms with Crippen LogP contribution in [0, 0.1) is 0 Å². The van der Waals surface area contributed by atoms with Crippen molar-refractivity contribution in [3.8, 4) is 0 Å². The van der Waals surface area contributed by atoms with Crippen LogP contribution >= 0.6 is 11.6 Å². The van der Waals surface area contributed by atoms with Gasteiger partial charge in [0, 0.05) is 31.2 Å². The number of hydrogen-bond acceptors (Lipinski definition) is 3. The van der Waals surface area contributed by atoms with Gasteiger partial charge in [0.2, 0.25) is 10.0 Å². The molecule has 6 heteroatoms. The Morgan fingerprint density at radius 3 is 2.37 bits per heavy atom. The molecule has 1 aliphatic rings. The second-order valence-electron chi connectivity index (χ2n) is 4.43. The van der Waals surface area contributed by atoms with Gasteiger partial charge in [0.1, 0.15) is 5.25 Å². The summed E-state index contributed by atoms with van der Waals surface area (Å²) in [5.74, 6) is 0. The van der Waals surface area contributed by atoms with E-state index in [1.165, 1.54) is 4.31 Å². The van der Waals surface area contributed by atoms with Crippen LogP contribution in [0.5, 0.6) is 0 Å². The summed E-state index contributed by atoms with van der Waals surface area (Å²) >= 11 is 5.97. The van der Waals surface area contributed by atoms with Crippen LogP contribution in [0.2, 0.25) is 0 Å². The molecule has 0 radical (unpaired) electrons. The summed E-state index contributed by atoms with van der Waals surface area (Å²) in [6.45, 7) is 5.90. The standard InChI is InChI=1S/C13H17ClN2O2S/c1-11(14)13(12-5-3-2-4-6-12)19(17,18)16-9-7-15-8-10-16/h2-6,13,15H,1,7-10H2. The van der Waals surface area contributed by atoms with Crippen LogP contribution in [0.4, 0.5) is 0 Å². The Hall–Kier alpha value is -0.880. The van der Waals surface area contributed by atoms with Crippen LogP contribution in [0.25, 0.3) is 0 Å². The maximum Gasteiger partial charge on any atom is 0.226 e. The molecule has 1 aliphatic heterocycles. The third kappa shape index (κ3) is 3.17. The summed E-state index contributed by atoms with van der Waals surface area (Å²) in [6, 6.07) is 8.97. The fourth-order valence-corrected chi connectivity index (χ4v) is 4.47. The smallest absolute Gasteiger partial charge is 0.226 e. The van der Waals surface area contributed by atoms with Crippen LogP contribution in [0.1, 0.15) is 10.8 Å². The Kier molecular flexibility index (Phi) is 4.62. The van der Waals surface area contributed by atoms with Gasteiger partial charge in [0.05, 0.1) is 0 Å². The van der Waals surface area contributed by atoms with Crippen molar-refractivity contribution in [1.29, 1.82) is 0 Å². The van der Waals surface area contributed by atoms with Crippen molar-refractivity contribution in [1.82, 2.24) is 9.62 Å². The van der Waals surface area contributed by atoms with E-state index in [4.69, 9.17) is 11.6 Å². The fourth-order valence-electron chi connectivity index (χ4n) is 2.19. The van der Waals surface area contributed by atoms with Crippen LogP contribution in [0.3, 0.4) is 0 Å². The number of nitrogens with one attached hydrogen (secondary N) is 1. The first kappa shape index (κ1) is 14.5. The van der Waals surface area contributed by atoms with E-state index in [-0.39, 0.29) is 5.03 Å². The van der Waals surface area contributed by atoms with E-state index in [2.05, 4.69) is 11.9 Å². The molecule has 104 valence electrons. The van der Waals surface area contributed by atoms with Crippen LogP contribution in [0.15, 0.2) is 41.9 Å². The lowest BCUT2D eigenvalue weighted by Crippen LogP contribution is -2.47. The highest BCUT2D eigenvalue weighted by Gasteiger charge is 2.35. The second kappa shape index (κ2) is 6.05. The maximum atomic E-state index is 12.7. The first-order chi connectivity index (χ1) is 9.03. The number of sulfonamides is 1. The Balaban J connectivity index is 2.36. The molecule has 1 fully saturated rings. The van der Waals surface area contributed by atoms with Gasteiger partial charge in [-0.3, -0.25) is 0 Å². The van der Waals surface area contributed by atoms with Gasteiger partial charge >= 0.3 is 0 Å². The van der Waals surface area contributed by atoms with Crippen molar-refractivity contribution < 1.29 is 8.42 Å². The van der Waals surface area contributed by atoms with E-state index in [1.807, 2.05) is 6.07 Å². The molecule has 1 atom stereocenters. The zero-order valence-electron chi connectivity index (χ0n) is 10.5. The van der Waals surface area contributed by atoms with E-state index >= 15 is 0 Å². The number of benzene rings is 1. The van der Waals surface area contributed by atoms with E-state index < -0.39 is 15.3 Å². The fraction of sp³-hybridized carbons (Fsp3) is 0.385. The third-order valence-electron chi connectivity index (χ3n) is 3.12. The number of halogens is 1. The van der Waals surface area contributed by atoms with Crippen molar-refractivity contribution in [2.24, 2.45) is 0 Å². The Labute approximate surface area is 119 Å². The highest BCUT2D eigenvalue weighted by atomic mass is 35.5. The number of rotatable bonds is 4. The third-order valence-corrected chi connectivity index (χ3v) is 5.71. The zero-order chi connectivity index (χ0) is 13.9. The Morgan fingerprint density at radius 2 is 1.84 bits per heavy atom. The Morgan fingerprint density at radius 1 is 1.26 bits per heavy atom. The van der Waals surface area contributed by atoms with Crippen LogP contribution in [-0.2, 0) is 10.0 Å². The Bertz CT molecular complexity index is 539. The maximum absolute atomic E-state index is 12.7. The van der Waals surface area contributed by atoms with E-state index in [0.717, 1.165) is 0 Å². The summed E-state index contributed by atoms with van der Waals surface area (Å²) in [7, 11) is -3.51.